The number of carbonyl (C=O) groups excluding carboxylic acids is 1. The van der Waals surface area contributed by atoms with Crippen molar-refractivity contribution in [2.24, 2.45) is 5.73 Å². The third-order valence-electron chi connectivity index (χ3n) is 4.20. The second kappa shape index (κ2) is 8.88. The molecule has 0 bridgehead atoms. The molecule has 1 aliphatic heterocycles. The minimum absolute atomic E-state index is 0.0142. The molecule has 122 valence electrons. The van der Waals surface area contributed by atoms with Crippen LogP contribution in [0.5, 0.6) is 0 Å². The van der Waals surface area contributed by atoms with Crippen LogP contribution < -0.4 is 11.1 Å². The maximum Gasteiger partial charge on any atom is 0.221 e. The van der Waals surface area contributed by atoms with Gasteiger partial charge < -0.3 is 16.0 Å². The van der Waals surface area contributed by atoms with Crippen molar-refractivity contribution in [2.45, 2.75) is 26.4 Å². The van der Waals surface area contributed by atoms with Crippen LogP contribution in [0.3, 0.4) is 0 Å². The number of piperazine rings is 1. The van der Waals surface area contributed by atoms with Gasteiger partial charge in [0, 0.05) is 52.2 Å². The summed E-state index contributed by atoms with van der Waals surface area (Å²) in [6, 6.07) is 8.52. The van der Waals surface area contributed by atoms with Crippen molar-refractivity contribution in [1.29, 1.82) is 0 Å². The van der Waals surface area contributed by atoms with E-state index in [0.29, 0.717) is 19.5 Å². The summed E-state index contributed by atoms with van der Waals surface area (Å²) in [5.41, 5.74) is 7.82. The highest BCUT2D eigenvalue weighted by Crippen LogP contribution is 2.10. The highest BCUT2D eigenvalue weighted by atomic mass is 16.1. The fraction of sp³-hybridized carbons (Fsp3) is 0.588. The fourth-order valence-electron chi connectivity index (χ4n) is 2.70. The average Bonchev–Trinajstić information content (AvgIpc) is 2.55. The lowest BCUT2D eigenvalue weighted by atomic mass is 10.1. The zero-order valence-electron chi connectivity index (χ0n) is 13.6. The Bertz CT molecular complexity index is 452. The molecule has 1 aliphatic rings. The summed E-state index contributed by atoms with van der Waals surface area (Å²) >= 11 is 0. The first-order chi connectivity index (χ1) is 10.7. The van der Waals surface area contributed by atoms with Crippen LogP contribution in [0.2, 0.25) is 0 Å². The van der Waals surface area contributed by atoms with E-state index < -0.39 is 0 Å². The summed E-state index contributed by atoms with van der Waals surface area (Å²) < 4.78 is 0. The van der Waals surface area contributed by atoms with E-state index >= 15 is 0 Å². The molecule has 22 heavy (non-hydrogen) atoms. The Kier molecular flexibility index (Phi) is 6.83. The highest BCUT2D eigenvalue weighted by molar-refractivity contribution is 5.76. The van der Waals surface area contributed by atoms with Gasteiger partial charge in [-0.05, 0) is 17.7 Å². The number of nitrogens with two attached hydrogens (primary N) is 1. The average molecular weight is 304 g/mol. The third-order valence-corrected chi connectivity index (χ3v) is 4.20. The van der Waals surface area contributed by atoms with Crippen molar-refractivity contribution >= 4 is 5.91 Å². The van der Waals surface area contributed by atoms with E-state index in [1.54, 1.807) is 0 Å². The molecule has 0 atom stereocenters. The third kappa shape index (κ3) is 5.40. The zero-order chi connectivity index (χ0) is 15.8. The Morgan fingerprint density at radius 3 is 2.27 bits per heavy atom. The molecule has 1 saturated heterocycles. The van der Waals surface area contributed by atoms with Crippen LogP contribution in [0, 0.1) is 0 Å². The van der Waals surface area contributed by atoms with Crippen molar-refractivity contribution in [3.8, 4) is 0 Å². The topological polar surface area (TPSA) is 61.6 Å². The predicted octanol–water partition coefficient (Wildman–Crippen LogP) is 0.789. The van der Waals surface area contributed by atoms with E-state index in [9.17, 15) is 4.79 Å². The summed E-state index contributed by atoms with van der Waals surface area (Å²) in [6.07, 6.45) is 0.391. The van der Waals surface area contributed by atoms with Crippen molar-refractivity contribution in [3.63, 3.8) is 0 Å². The van der Waals surface area contributed by atoms with E-state index in [4.69, 9.17) is 5.73 Å². The molecule has 2 rings (SSSR count). The lowest BCUT2D eigenvalue weighted by Gasteiger charge is -2.34. The number of hydrogen-bond acceptors (Lipinski definition) is 4. The number of amides is 1. The van der Waals surface area contributed by atoms with Gasteiger partial charge in [0.2, 0.25) is 5.91 Å². The van der Waals surface area contributed by atoms with Gasteiger partial charge in [0.1, 0.15) is 0 Å². The van der Waals surface area contributed by atoms with Gasteiger partial charge in [0.25, 0.3) is 0 Å². The quantitative estimate of drug-likeness (QED) is 0.782. The first kappa shape index (κ1) is 16.9. The number of benzene rings is 1. The summed E-state index contributed by atoms with van der Waals surface area (Å²) in [7, 11) is 0. The SMILES string of the molecule is CCN1CCN(Cc2ccc(CNC(=O)CCN)cc2)CC1. The maximum absolute atomic E-state index is 11.4. The Morgan fingerprint density at radius 1 is 1.09 bits per heavy atom. The molecule has 0 unspecified atom stereocenters. The molecule has 0 saturated carbocycles. The standard InChI is InChI=1S/C17H28N4O/c1-2-20-9-11-21(12-10-20)14-16-5-3-15(4-6-16)13-19-17(22)7-8-18/h3-6H,2,7-14,18H2,1H3,(H,19,22). The van der Waals surface area contributed by atoms with Crippen LogP contribution >= 0.6 is 0 Å². The second-order valence-electron chi connectivity index (χ2n) is 5.84. The van der Waals surface area contributed by atoms with Crippen molar-refractivity contribution in [1.82, 2.24) is 15.1 Å². The van der Waals surface area contributed by atoms with Crippen molar-refractivity contribution < 1.29 is 4.79 Å². The van der Waals surface area contributed by atoms with Crippen LogP contribution in [0.4, 0.5) is 0 Å². The van der Waals surface area contributed by atoms with E-state index in [1.165, 1.54) is 18.7 Å². The predicted molar refractivity (Wildman–Crippen MR) is 89.4 cm³/mol. The van der Waals surface area contributed by atoms with Gasteiger partial charge in [0.05, 0.1) is 0 Å². The highest BCUT2D eigenvalue weighted by Gasteiger charge is 2.15. The van der Waals surface area contributed by atoms with Crippen LogP contribution in [0.15, 0.2) is 24.3 Å². The molecular formula is C17H28N4O. The van der Waals surface area contributed by atoms with E-state index in [-0.39, 0.29) is 5.91 Å². The lowest BCUT2D eigenvalue weighted by molar-refractivity contribution is -0.121. The van der Waals surface area contributed by atoms with E-state index in [2.05, 4.69) is 46.3 Å². The molecule has 1 heterocycles. The van der Waals surface area contributed by atoms with E-state index in [1.807, 2.05) is 0 Å². The van der Waals surface area contributed by atoms with Crippen LogP contribution in [-0.4, -0.2) is 55.0 Å². The molecule has 1 aromatic carbocycles. The number of carbonyl (C=O) groups is 1. The molecule has 1 aromatic rings. The minimum atomic E-state index is 0.0142. The molecule has 1 fully saturated rings. The van der Waals surface area contributed by atoms with Gasteiger partial charge in [-0.25, -0.2) is 0 Å². The van der Waals surface area contributed by atoms with Crippen LogP contribution in [-0.2, 0) is 17.9 Å². The van der Waals surface area contributed by atoms with Gasteiger partial charge >= 0.3 is 0 Å². The number of nitrogens with one attached hydrogen (secondary N) is 1. The first-order valence-electron chi connectivity index (χ1n) is 8.20. The van der Waals surface area contributed by atoms with Gasteiger partial charge in [0.15, 0.2) is 0 Å². The van der Waals surface area contributed by atoms with Crippen molar-refractivity contribution in [2.75, 3.05) is 39.3 Å². The molecule has 5 nitrogen and oxygen atoms in total. The summed E-state index contributed by atoms with van der Waals surface area (Å²) in [4.78, 5) is 16.4. The summed E-state index contributed by atoms with van der Waals surface area (Å²) in [5.74, 6) is 0.0142. The minimum Gasteiger partial charge on any atom is -0.352 e. The zero-order valence-corrected chi connectivity index (χ0v) is 13.6. The number of nitrogens with zero attached hydrogens (tertiary/aromatic N) is 2. The Balaban J connectivity index is 1.76. The first-order valence-corrected chi connectivity index (χ1v) is 8.20. The Labute approximate surface area is 133 Å². The molecule has 1 amide bonds. The van der Waals surface area contributed by atoms with Crippen LogP contribution in [0.25, 0.3) is 0 Å². The van der Waals surface area contributed by atoms with Gasteiger partial charge in [-0.3, -0.25) is 9.69 Å². The smallest absolute Gasteiger partial charge is 0.221 e. The molecule has 3 N–H and O–H groups in total. The lowest BCUT2D eigenvalue weighted by Crippen LogP contribution is -2.45. The Hall–Kier alpha value is -1.43. The molecular weight excluding hydrogens is 276 g/mol. The van der Waals surface area contributed by atoms with Gasteiger partial charge in [-0.2, -0.15) is 0 Å². The molecule has 0 spiro atoms. The number of hydrogen-bond donors (Lipinski definition) is 2. The normalized spacial score (nSPS) is 16.6. The molecule has 0 radical (unpaired) electrons. The fourth-order valence-corrected chi connectivity index (χ4v) is 2.70. The number of rotatable bonds is 7. The summed E-state index contributed by atoms with van der Waals surface area (Å²) in [6.45, 7) is 9.99. The number of likely N-dealkylation sites (N-methyl/N-ethyl adjacent to an activating group) is 1. The monoisotopic (exact) mass is 304 g/mol. The van der Waals surface area contributed by atoms with E-state index in [0.717, 1.165) is 31.7 Å². The second-order valence-corrected chi connectivity index (χ2v) is 5.84. The van der Waals surface area contributed by atoms with Crippen LogP contribution in [0.1, 0.15) is 24.5 Å². The Morgan fingerprint density at radius 2 is 1.68 bits per heavy atom. The molecule has 5 heteroatoms. The van der Waals surface area contributed by atoms with Crippen molar-refractivity contribution in [3.05, 3.63) is 35.4 Å². The van der Waals surface area contributed by atoms with Gasteiger partial charge in [-0.15, -0.1) is 0 Å². The van der Waals surface area contributed by atoms with Gasteiger partial charge in [-0.1, -0.05) is 31.2 Å². The maximum atomic E-state index is 11.4. The molecule has 0 aliphatic carbocycles. The summed E-state index contributed by atoms with van der Waals surface area (Å²) in [5, 5.41) is 2.88. The largest absolute Gasteiger partial charge is 0.352 e. The molecule has 0 aromatic heterocycles.